The van der Waals surface area contributed by atoms with Crippen molar-refractivity contribution in [1.29, 1.82) is 5.26 Å². The number of aliphatic carboxylic acids is 1. The molecule has 1 atom stereocenters. The van der Waals surface area contributed by atoms with E-state index in [0.29, 0.717) is 18.7 Å². The fourth-order valence-corrected chi connectivity index (χ4v) is 2.33. The fraction of sp³-hybridized carbons (Fsp3) is 0.353. The Morgan fingerprint density at radius 3 is 2.58 bits per heavy atom. The number of carboxylic acid groups (broad SMARTS) is 1. The van der Waals surface area contributed by atoms with Gasteiger partial charge in [-0.15, -0.1) is 0 Å². The van der Waals surface area contributed by atoms with Crippen LogP contribution in [0.2, 0.25) is 0 Å². The Kier molecular flexibility index (Phi) is 8.44. The van der Waals surface area contributed by atoms with Gasteiger partial charge in [0.05, 0.1) is 0 Å². The Hall–Kier alpha value is -2.46. The van der Waals surface area contributed by atoms with Crippen molar-refractivity contribution < 1.29 is 14.7 Å². The first-order valence-electron chi connectivity index (χ1n) is 7.39. The molecule has 0 saturated carbocycles. The van der Waals surface area contributed by atoms with Crippen LogP contribution in [0, 0.1) is 18.3 Å². The highest BCUT2D eigenvalue weighted by Gasteiger charge is 2.21. The van der Waals surface area contributed by atoms with Crippen LogP contribution in [0.3, 0.4) is 0 Å². The van der Waals surface area contributed by atoms with E-state index in [4.69, 9.17) is 10.4 Å². The summed E-state index contributed by atoms with van der Waals surface area (Å²) in [5, 5.41) is 23.5. The molecule has 1 aromatic carbocycles. The third kappa shape index (κ3) is 6.75. The van der Waals surface area contributed by atoms with Crippen LogP contribution in [-0.4, -0.2) is 35.0 Å². The number of nitriles is 1. The van der Waals surface area contributed by atoms with Crippen LogP contribution >= 0.6 is 11.8 Å². The molecule has 1 aromatic rings. The first kappa shape index (κ1) is 19.6. The molecule has 0 aliphatic carbocycles. The molecule has 6 nitrogen and oxygen atoms in total. The summed E-state index contributed by atoms with van der Waals surface area (Å²) in [6.07, 6.45) is 3.47. The molecule has 0 aliphatic rings. The number of thioether (sulfide) groups is 1. The molecule has 0 spiro atoms. The van der Waals surface area contributed by atoms with Crippen molar-refractivity contribution in [1.82, 2.24) is 10.6 Å². The summed E-state index contributed by atoms with van der Waals surface area (Å²) >= 11 is 1.49. The largest absolute Gasteiger partial charge is 0.480 e. The molecule has 0 radical (unpaired) electrons. The van der Waals surface area contributed by atoms with Crippen LogP contribution in [0.25, 0.3) is 0 Å². The number of hydrogen-bond donors (Lipinski definition) is 3. The average Bonchev–Trinajstić information content (AvgIpc) is 2.56. The highest BCUT2D eigenvalue weighted by molar-refractivity contribution is 7.98. The van der Waals surface area contributed by atoms with Crippen molar-refractivity contribution in [2.45, 2.75) is 25.9 Å². The van der Waals surface area contributed by atoms with Gasteiger partial charge in [0.2, 0.25) is 0 Å². The lowest BCUT2D eigenvalue weighted by molar-refractivity contribution is -0.141. The van der Waals surface area contributed by atoms with Crippen molar-refractivity contribution in [3.8, 4) is 6.07 Å². The van der Waals surface area contributed by atoms with Crippen LogP contribution < -0.4 is 10.6 Å². The summed E-state index contributed by atoms with van der Waals surface area (Å²) in [6.45, 7) is 2.46. The highest BCUT2D eigenvalue weighted by Crippen LogP contribution is 2.04. The zero-order valence-electron chi connectivity index (χ0n) is 13.7. The average molecular weight is 347 g/mol. The highest BCUT2D eigenvalue weighted by atomic mass is 32.2. The Balaban J connectivity index is 2.62. The van der Waals surface area contributed by atoms with Crippen molar-refractivity contribution in [3.05, 3.63) is 47.2 Å². The molecule has 1 amide bonds. The number of carbonyl (C=O) groups excluding carboxylic acids is 1. The number of carbonyl (C=O) groups is 2. The number of amides is 1. The van der Waals surface area contributed by atoms with E-state index in [1.54, 1.807) is 6.07 Å². The summed E-state index contributed by atoms with van der Waals surface area (Å²) in [7, 11) is 0. The zero-order valence-corrected chi connectivity index (χ0v) is 14.5. The molecule has 0 fully saturated rings. The third-order valence-electron chi connectivity index (χ3n) is 3.25. The first-order valence-corrected chi connectivity index (χ1v) is 8.79. The minimum atomic E-state index is -1.11. The monoisotopic (exact) mass is 347 g/mol. The summed E-state index contributed by atoms with van der Waals surface area (Å²) < 4.78 is 0. The van der Waals surface area contributed by atoms with Gasteiger partial charge in [0, 0.05) is 12.7 Å². The van der Waals surface area contributed by atoms with Gasteiger partial charge >= 0.3 is 5.97 Å². The second-order valence-electron chi connectivity index (χ2n) is 5.18. The molecule has 1 unspecified atom stereocenters. The minimum absolute atomic E-state index is 0.155. The van der Waals surface area contributed by atoms with Gasteiger partial charge in [-0.2, -0.15) is 17.0 Å². The van der Waals surface area contributed by atoms with Crippen LogP contribution in [0.4, 0.5) is 0 Å². The molecule has 0 heterocycles. The van der Waals surface area contributed by atoms with Gasteiger partial charge < -0.3 is 15.7 Å². The topological polar surface area (TPSA) is 102 Å². The second-order valence-corrected chi connectivity index (χ2v) is 6.17. The van der Waals surface area contributed by atoms with E-state index in [2.05, 4.69) is 10.6 Å². The SMILES string of the molecule is CSCCC(NC(=O)/C(C#N)=C\NCc1ccc(C)cc1)C(=O)O. The number of benzene rings is 1. The smallest absolute Gasteiger partial charge is 0.326 e. The molecule has 0 bridgehead atoms. The molecule has 128 valence electrons. The molecule has 7 heteroatoms. The number of aryl methyl sites for hydroxylation is 1. The zero-order chi connectivity index (χ0) is 17.9. The lowest BCUT2D eigenvalue weighted by Crippen LogP contribution is -2.41. The van der Waals surface area contributed by atoms with E-state index in [-0.39, 0.29) is 5.57 Å². The van der Waals surface area contributed by atoms with E-state index in [9.17, 15) is 9.59 Å². The van der Waals surface area contributed by atoms with E-state index >= 15 is 0 Å². The van der Waals surface area contributed by atoms with Crippen LogP contribution in [0.5, 0.6) is 0 Å². The Morgan fingerprint density at radius 1 is 1.38 bits per heavy atom. The summed E-state index contributed by atoms with van der Waals surface area (Å²) in [4.78, 5) is 23.2. The first-order chi connectivity index (χ1) is 11.5. The number of rotatable bonds is 9. The summed E-state index contributed by atoms with van der Waals surface area (Å²) in [6, 6.07) is 8.63. The number of carboxylic acids is 1. The lowest BCUT2D eigenvalue weighted by atomic mass is 10.1. The van der Waals surface area contributed by atoms with Gasteiger partial charge in [0.1, 0.15) is 17.7 Å². The van der Waals surface area contributed by atoms with E-state index in [1.807, 2.05) is 37.4 Å². The quantitative estimate of drug-likeness (QED) is 0.465. The predicted octanol–water partition coefficient (Wildman–Crippen LogP) is 1.81. The maximum absolute atomic E-state index is 12.0. The standard InChI is InChI=1S/C17H21N3O3S/c1-12-3-5-13(6-4-12)10-19-11-14(9-18)16(21)20-15(17(22)23)7-8-24-2/h3-6,11,15,19H,7-8,10H2,1-2H3,(H,20,21)(H,22,23)/b14-11-. The minimum Gasteiger partial charge on any atom is -0.480 e. The van der Waals surface area contributed by atoms with Gasteiger partial charge in [-0.1, -0.05) is 29.8 Å². The molecule has 0 saturated heterocycles. The van der Waals surface area contributed by atoms with Crippen molar-refractivity contribution >= 4 is 23.6 Å². The Morgan fingerprint density at radius 2 is 2.04 bits per heavy atom. The van der Waals surface area contributed by atoms with Crippen LogP contribution in [0.1, 0.15) is 17.5 Å². The van der Waals surface area contributed by atoms with Gasteiger partial charge in [0.25, 0.3) is 5.91 Å². The number of nitrogens with one attached hydrogen (secondary N) is 2. The number of hydrogen-bond acceptors (Lipinski definition) is 5. The normalized spacial score (nSPS) is 12.1. The maximum Gasteiger partial charge on any atom is 0.326 e. The van der Waals surface area contributed by atoms with Gasteiger partial charge in [-0.3, -0.25) is 4.79 Å². The third-order valence-corrected chi connectivity index (χ3v) is 3.90. The fourth-order valence-electron chi connectivity index (χ4n) is 1.85. The number of nitrogens with zero attached hydrogens (tertiary/aromatic N) is 1. The molecular weight excluding hydrogens is 326 g/mol. The van der Waals surface area contributed by atoms with Gasteiger partial charge in [-0.25, -0.2) is 4.79 Å². The maximum atomic E-state index is 12.0. The lowest BCUT2D eigenvalue weighted by Gasteiger charge is -2.13. The molecular formula is C17H21N3O3S. The molecule has 1 rings (SSSR count). The van der Waals surface area contributed by atoms with Gasteiger partial charge in [0.15, 0.2) is 0 Å². The van der Waals surface area contributed by atoms with Crippen LogP contribution in [0.15, 0.2) is 36.0 Å². The van der Waals surface area contributed by atoms with E-state index in [0.717, 1.165) is 11.1 Å². The second kappa shape index (κ2) is 10.3. The van der Waals surface area contributed by atoms with E-state index in [1.165, 1.54) is 18.0 Å². The van der Waals surface area contributed by atoms with Crippen molar-refractivity contribution in [2.24, 2.45) is 0 Å². The predicted molar refractivity (Wildman–Crippen MR) is 94.3 cm³/mol. The van der Waals surface area contributed by atoms with Crippen molar-refractivity contribution in [2.75, 3.05) is 12.0 Å². The molecule has 0 aliphatic heterocycles. The summed E-state index contributed by atoms with van der Waals surface area (Å²) in [5.74, 6) is -1.20. The van der Waals surface area contributed by atoms with E-state index < -0.39 is 17.9 Å². The van der Waals surface area contributed by atoms with Crippen LogP contribution in [-0.2, 0) is 16.1 Å². The molecule has 3 N–H and O–H groups in total. The Labute approximate surface area is 145 Å². The van der Waals surface area contributed by atoms with Gasteiger partial charge in [-0.05, 0) is 30.9 Å². The molecule has 24 heavy (non-hydrogen) atoms. The van der Waals surface area contributed by atoms with Crippen molar-refractivity contribution in [3.63, 3.8) is 0 Å². The molecule has 0 aromatic heterocycles. The summed E-state index contributed by atoms with van der Waals surface area (Å²) in [5.41, 5.74) is 2.01. The Bertz CT molecular complexity index is 635.